The normalized spacial score (nSPS) is 11.2. The predicted molar refractivity (Wildman–Crippen MR) is 126 cm³/mol. The van der Waals surface area contributed by atoms with Crippen molar-refractivity contribution in [3.05, 3.63) is 46.5 Å². The Balaban J connectivity index is 0.00000364. The van der Waals surface area contributed by atoms with Gasteiger partial charge in [-0.25, -0.2) is 4.99 Å². The van der Waals surface area contributed by atoms with Crippen LogP contribution < -0.4 is 5.32 Å². The topological polar surface area (TPSA) is 58.3 Å². The van der Waals surface area contributed by atoms with Crippen LogP contribution in [-0.2, 0) is 20.1 Å². The monoisotopic (exact) mass is 522 g/mol. The van der Waals surface area contributed by atoms with Crippen LogP contribution in [0.25, 0.3) is 0 Å². The predicted octanol–water partition coefficient (Wildman–Crippen LogP) is 3.73. The Bertz CT molecular complexity index is 736. The van der Waals surface area contributed by atoms with Gasteiger partial charge in [-0.05, 0) is 43.0 Å². The third-order valence-electron chi connectivity index (χ3n) is 4.03. The zero-order chi connectivity index (χ0) is 18.9. The van der Waals surface area contributed by atoms with Crippen molar-refractivity contribution in [3.8, 4) is 0 Å². The fourth-order valence-electron chi connectivity index (χ4n) is 2.45. The fourth-order valence-corrected chi connectivity index (χ4v) is 3.09. The summed E-state index contributed by atoms with van der Waals surface area (Å²) in [7, 11) is 3.99. The molecule has 0 unspecified atom stereocenters. The molecular formula is C18H28ClIN6S. The van der Waals surface area contributed by atoms with Crippen LogP contribution in [0.4, 0.5) is 0 Å². The van der Waals surface area contributed by atoms with Crippen LogP contribution >= 0.6 is 47.3 Å². The number of thioether (sulfide) groups is 1. The minimum atomic E-state index is 0. The average molecular weight is 523 g/mol. The maximum atomic E-state index is 6.10. The molecule has 27 heavy (non-hydrogen) atoms. The van der Waals surface area contributed by atoms with E-state index in [1.54, 1.807) is 0 Å². The molecule has 2 aromatic rings. The number of hydrogen-bond acceptors (Lipinski definition) is 4. The van der Waals surface area contributed by atoms with Gasteiger partial charge in [0.1, 0.15) is 12.4 Å². The number of halogens is 2. The van der Waals surface area contributed by atoms with Gasteiger partial charge in [0.25, 0.3) is 0 Å². The molecule has 0 aliphatic rings. The van der Waals surface area contributed by atoms with Crippen LogP contribution in [0.15, 0.2) is 29.3 Å². The largest absolute Gasteiger partial charge is 0.356 e. The summed E-state index contributed by atoms with van der Waals surface area (Å²) < 4.78 is 1.96. The first-order chi connectivity index (χ1) is 12.5. The lowest BCUT2D eigenvalue weighted by molar-refractivity contribution is 0.474. The third-order valence-corrected chi connectivity index (χ3v) is 4.96. The van der Waals surface area contributed by atoms with Gasteiger partial charge < -0.3 is 14.8 Å². The van der Waals surface area contributed by atoms with Crippen molar-refractivity contribution in [1.82, 2.24) is 25.0 Å². The molecule has 0 saturated carbocycles. The molecule has 0 bridgehead atoms. The molecule has 0 saturated heterocycles. The number of aromatic nitrogens is 3. The standard InChI is InChI=1S/C18H27ClN6S.HI/c1-14-22-23-17(25(14)3)12-21-18(20-9-6-10-26-4)24(2)13-15-7-5-8-16(19)11-15;/h5,7-8,11H,6,9-10,12-13H2,1-4H3,(H,20,21);1H. The Labute approximate surface area is 188 Å². The van der Waals surface area contributed by atoms with Crippen LogP contribution in [0, 0.1) is 6.92 Å². The molecule has 0 aliphatic carbocycles. The summed E-state index contributed by atoms with van der Waals surface area (Å²) >= 11 is 7.95. The van der Waals surface area contributed by atoms with Crippen LogP contribution in [0.5, 0.6) is 0 Å². The molecule has 0 fully saturated rings. The van der Waals surface area contributed by atoms with Crippen LogP contribution in [0.3, 0.4) is 0 Å². The summed E-state index contributed by atoms with van der Waals surface area (Å²) in [5.74, 6) is 3.71. The molecule has 1 aromatic carbocycles. The summed E-state index contributed by atoms with van der Waals surface area (Å²) in [4.78, 5) is 6.86. The van der Waals surface area contributed by atoms with Gasteiger partial charge in [0.15, 0.2) is 11.8 Å². The maximum absolute atomic E-state index is 6.10. The van der Waals surface area contributed by atoms with E-state index in [9.17, 15) is 0 Å². The Hall–Kier alpha value is -1.000. The van der Waals surface area contributed by atoms with Gasteiger partial charge in [-0.2, -0.15) is 11.8 Å². The van der Waals surface area contributed by atoms with Crippen molar-refractivity contribution >= 4 is 53.3 Å². The highest BCUT2D eigenvalue weighted by Gasteiger charge is 2.09. The molecule has 9 heteroatoms. The molecule has 1 heterocycles. The SMILES string of the molecule is CSCCCNC(=NCc1nnc(C)n1C)N(C)Cc1cccc(Cl)c1.I. The summed E-state index contributed by atoms with van der Waals surface area (Å²) in [5, 5.41) is 12.5. The number of rotatable bonds is 8. The van der Waals surface area contributed by atoms with E-state index < -0.39 is 0 Å². The summed E-state index contributed by atoms with van der Waals surface area (Å²) in [6, 6.07) is 7.91. The highest BCUT2D eigenvalue weighted by atomic mass is 127. The quantitative estimate of drug-likeness (QED) is 0.248. The van der Waals surface area contributed by atoms with E-state index in [0.29, 0.717) is 6.54 Å². The molecule has 0 spiro atoms. The molecule has 0 atom stereocenters. The minimum Gasteiger partial charge on any atom is -0.356 e. The second kappa shape index (κ2) is 12.5. The van der Waals surface area contributed by atoms with E-state index >= 15 is 0 Å². The first kappa shape index (κ1) is 24.0. The van der Waals surface area contributed by atoms with E-state index in [1.807, 2.05) is 55.5 Å². The molecule has 1 aromatic heterocycles. The van der Waals surface area contributed by atoms with Gasteiger partial charge in [0.2, 0.25) is 0 Å². The third kappa shape index (κ3) is 7.87. The van der Waals surface area contributed by atoms with Crippen LogP contribution in [0.2, 0.25) is 5.02 Å². The Morgan fingerprint density at radius 3 is 2.78 bits per heavy atom. The van der Waals surface area contributed by atoms with E-state index in [2.05, 4.69) is 32.7 Å². The van der Waals surface area contributed by atoms with Crippen molar-refractivity contribution in [2.75, 3.05) is 25.6 Å². The van der Waals surface area contributed by atoms with Gasteiger partial charge >= 0.3 is 0 Å². The summed E-state index contributed by atoms with van der Waals surface area (Å²) in [6.45, 7) is 4.04. The van der Waals surface area contributed by atoms with Crippen molar-refractivity contribution in [2.45, 2.75) is 26.4 Å². The zero-order valence-corrected chi connectivity index (χ0v) is 20.2. The van der Waals surface area contributed by atoms with Crippen LogP contribution in [-0.4, -0.2) is 51.2 Å². The van der Waals surface area contributed by atoms with E-state index in [1.165, 1.54) is 0 Å². The molecule has 0 aliphatic heterocycles. The van der Waals surface area contributed by atoms with Crippen molar-refractivity contribution in [1.29, 1.82) is 0 Å². The Kier molecular flexibility index (Phi) is 11.1. The van der Waals surface area contributed by atoms with Gasteiger partial charge in [0.05, 0.1) is 0 Å². The van der Waals surface area contributed by atoms with E-state index in [-0.39, 0.29) is 24.0 Å². The van der Waals surface area contributed by atoms with Gasteiger partial charge in [0, 0.05) is 32.2 Å². The van der Waals surface area contributed by atoms with Gasteiger partial charge in [-0.15, -0.1) is 34.2 Å². The van der Waals surface area contributed by atoms with Crippen molar-refractivity contribution in [3.63, 3.8) is 0 Å². The number of nitrogens with zero attached hydrogens (tertiary/aromatic N) is 5. The lowest BCUT2D eigenvalue weighted by Gasteiger charge is -2.22. The number of aryl methyl sites for hydroxylation is 1. The lowest BCUT2D eigenvalue weighted by atomic mass is 10.2. The smallest absolute Gasteiger partial charge is 0.194 e. The van der Waals surface area contributed by atoms with Gasteiger partial charge in [-0.3, -0.25) is 0 Å². The number of guanidine groups is 1. The molecule has 1 N–H and O–H groups in total. The van der Waals surface area contributed by atoms with Crippen molar-refractivity contribution in [2.24, 2.45) is 12.0 Å². The Morgan fingerprint density at radius 2 is 2.15 bits per heavy atom. The highest BCUT2D eigenvalue weighted by molar-refractivity contribution is 14.0. The zero-order valence-electron chi connectivity index (χ0n) is 16.3. The molecule has 2 rings (SSSR count). The number of aliphatic imine (C=N–C) groups is 1. The first-order valence-corrected chi connectivity index (χ1v) is 10.4. The number of nitrogens with one attached hydrogen (secondary N) is 1. The molecule has 150 valence electrons. The second-order valence-corrected chi connectivity index (χ2v) is 7.54. The number of hydrogen-bond donors (Lipinski definition) is 1. The van der Waals surface area contributed by atoms with Crippen LogP contribution in [0.1, 0.15) is 23.6 Å². The average Bonchev–Trinajstić information content (AvgIpc) is 2.93. The summed E-state index contributed by atoms with van der Waals surface area (Å²) in [6.07, 6.45) is 3.21. The summed E-state index contributed by atoms with van der Waals surface area (Å²) in [5.41, 5.74) is 1.15. The fraction of sp³-hybridized carbons (Fsp3) is 0.500. The maximum Gasteiger partial charge on any atom is 0.194 e. The lowest BCUT2D eigenvalue weighted by Crippen LogP contribution is -2.39. The Morgan fingerprint density at radius 1 is 1.37 bits per heavy atom. The molecule has 0 radical (unpaired) electrons. The second-order valence-electron chi connectivity index (χ2n) is 6.12. The van der Waals surface area contributed by atoms with E-state index in [4.69, 9.17) is 16.6 Å². The highest BCUT2D eigenvalue weighted by Crippen LogP contribution is 2.12. The minimum absolute atomic E-state index is 0. The number of benzene rings is 1. The molecule has 0 amide bonds. The molecule has 6 nitrogen and oxygen atoms in total. The molecular weight excluding hydrogens is 495 g/mol. The van der Waals surface area contributed by atoms with Gasteiger partial charge in [-0.1, -0.05) is 23.7 Å². The van der Waals surface area contributed by atoms with E-state index in [0.717, 1.165) is 53.5 Å². The first-order valence-electron chi connectivity index (χ1n) is 8.59. The van der Waals surface area contributed by atoms with Crippen molar-refractivity contribution < 1.29 is 0 Å².